The Kier molecular flexibility index (Phi) is 4.58. The van der Waals surface area contributed by atoms with Gasteiger partial charge in [0.25, 0.3) is 0 Å². The quantitative estimate of drug-likeness (QED) is 0.836. The standard InChI is InChI=1S/C14H19NO3S/c1-17-12-5-3-4-10(14(12)18-2)6-7-15-9-11(19)8-13(15)16/h3-5,11,19H,6-9H2,1-2H3. The van der Waals surface area contributed by atoms with E-state index in [-0.39, 0.29) is 11.2 Å². The van der Waals surface area contributed by atoms with Crippen LogP contribution in [-0.4, -0.2) is 43.4 Å². The summed E-state index contributed by atoms with van der Waals surface area (Å²) in [4.78, 5) is 13.6. The first kappa shape index (κ1) is 14.1. The second-order valence-electron chi connectivity index (χ2n) is 4.60. The Morgan fingerprint density at radius 2 is 2.16 bits per heavy atom. The van der Waals surface area contributed by atoms with Crippen molar-refractivity contribution in [2.45, 2.75) is 18.1 Å². The van der Waals surface area contributed by atoms with Gasteiger partial charge >= 0.3 is 0 Å². The highest BCUT2D eigenvalue weighted by Gasteiger charge is 2.26. The molecule has 0 aliphatic carbocycles. The lowest BCUT2D eigenvalue weighted by Crippen LogP contribution is -2.27. The Balaban J connectivity index is 2.05. The summed E-state index contributed by atoms with van der Waals surface area (Å²) in [6, 6.07) is 5.80. The van der Waals surface area contributed by atoms with Gasteiger partial charge < -0.3 is 14.4 Å². The second kappa shape index (κ2) is 6.19. The molecule has 0 radical (unpaired) electrons. The third-order valence-electron chi connectivity index (χ3n) is 3.33. The molecule has 5 heteroatoms. The van der Waals surface area contributed by atoms with E-state index in [1.807, 2.05) is 23.1 Å². The lowest BCUT2D eigenvalue weighted by atomic mass is 10.1. The summed E-state index contributed by atoms with van der Waals surface area (Å²) < 4.78 is 10.7. The first-order valence-corrected chi connectivity index (χ1v) is 6.83. The molecule has 0 saturated carbocycles. The third-order valence-corrected chi connectivity index (χ3v) is 3.68. The van der Waals surface area contributed by atoms with Gasteiger partial charge in [-0.25, -0.2) is 0 Å². The molecule has 19 heavy (non-hydrogen) atoms. The molecular formula is C14H19NO3S. The van der Waals surface area contributed by atoms with Crippen molar-refractivity contribution in [2.24, 2.45) is 0 Å². The van der Waals surface area contributed by atoms with Gasteiger partial charge in [0, 0.05) is 24.8 Å². The zero-order valence-corrected chi connectivity index (χ0v) is 12.2. The van der Waals surface area contributed by atoms with Crippen LogP contribution in [0, 0.1) is 0 Å². The van der Waals surface area contributed by atoms with Crippen molar-refractivity contribution in [2.75, 3.05) is 27.3 Å². The number of nitrogens with zero attached hydrogens (tertiary/aromatic N) is 1. The fourth-order valence-electron chi connectivity index (χ4n) is 2.37. The molecule has 0 bridgehead atoms. The number of carbonyl (C=O) groups is 1. The highest BCUT2D eigenvalue weighted by Crippen LogP contribution is 2.31. The van der Waals surface area contributed by atoms with Crippen LogP contribution in [0.5, 0.6) is 11.5 Å². The first-order chi connectivity index (χ1) is 9.15. The Bertz CT molecular complexity index is 464. The maximum atomic E-state index is 11.7. The SMILES string of the molecule is COc1cccc(CCN2CC(S)CC2=O)c1OC. The Morgan fingerprint density at radius 1 is 1.37 bits per heavy atom. The molecule has 1 aliphatic rings. The zero-order valence-electron chi connectivity index (χ0n) is 11.3. The summed E-state index contributed by atoms with van der Waals surface area (Å²) in [5.74, 6) is 1.65. The number of benzene rings is 1. The minimum absolute atomic E-state index is 0.166. The van der Waals surface area contributed by atoms with Crippen molar-refractivity contribution in [3.63, 3.8) is 0 Å². The molecule has 0 aromatic heterocycles. The van der Waals surface area contributed by atoms with Crippen LogP contribution in [0.25, 0.3) is 0 Å². The smallest absolute Gasteiger partial charge is 0.223 e. The number of rotatable bonds is 5. The number of hydrogen-bond acceptors (Lipinski definition) is 4. The molecule has 1 aliphatic heterocycles. The normalized spacial score (nSPS) is 18.8. The van der Waals surface area contributed by atoms with Crippen LogP contribution in [0.3, 0.4) is 0 Å². The largest absolute Gasteiger partial charge is 0.493 e. The summed E-state index contributed by atoms with van der Waals surface area (Å²) in [6.07, 6.45) is 1.30. The lowest BCUT2D eigenvalue weighted by molar-refractivity contribution is -0.127. The number of ether oxygens (including phenoxy) is 2. The predicted molar refractivity (Wildman–Crippen MR) is 77.2 cm³/mol. The number of hydrogen-bond donors (Lipinski definition) is 1. The van der Waals surface area contributed by atoms with Gasteiger partial charge in [0.1, 0.15) is 0 Å². The van der Waals surface area contributed by atoms with E-state index in [0.29, 0.717) is 13.0 Å². The van der Waals surface area contributed by atoms with E-state index >= 15 is 0 Å². The molecule has 104 valence electrons. The Morgan fingerprint density at radius 3 is 2.74 bits per heavy atom. The van der Waals surface area contributed by atoms with Crippen LogP contribution in [0.15, 0.2) is 18.2 Å². The van der Waals surface area contributed by atoms with E-state index in [1.165, 1.54) is 0 Å². The first-order valence-electron chi connectivity index (χ1n) is 6.31. The summed E-state index contributed by atoms with van der Waals surface area (Å²) in [5, 5.41) is 0.166. The van der Waals surface area contributed by atoms with E-state index in [9.17, 15) is 4.79 Å². The molecular weight excluding hydrogens is 262 g/mol. The molecule has 0 spiro atoms. The highest BCUT2D eigenvalue weighted by molar-refractivity contribution is 7.81. The molecule has 1 aromatic rings. The summed E-state index contributed by atoms with van der Waals surface area (Å²) in [7, 11) is 3.25. The van der Waals surface area contributed by atoms with Crippen molar-refractivity contribution < 1.29 is 14.3 Å². The minimum Gasteiger partial charge on any atom is -0.493 e. The van der Waals surface area contributed by atoms with Crippen LogP contribution < -0.4 is 9.47 Å². The maximum Gasteiger partial charge on any atom is 0.223 e. The average Bonchev–Trinajstić information content (AvgIpc) is 2.73. The number of para-hydroxylation sites is 1. The molecule has 1 saturated heterocycles. The number of amides is 1. The Labute approximate surface area is 119 Å². The molecule has 1 atom stereocenters. The predicted octanol–water partition coefficient (Wildman–Crippen LogP) is 1.78. The second-order valence-corrected chi connectivity index (χ2v) is 5.33. The Hall–Kier alpha value is -1.36. The van der Waals surface area contributed by atoms with Crippen LogP contribution in [0.1, 0.15) is 12.0 Å². The summed E-state index contributed by atoms with van der Waals surface area (Å²) in [5.41, 5.74) is 1.05. The van der Waals surface area contributed by atoms with Crippen molar-refractivity contribution in [1.82, 2.24) is 4.90 Å². The molecule has 2 rings (SSSR count). The highest BCUT2D eigenvalue weighted by atomic mass is 32.1. The van der Waals surface area contributed by atoms with Crippen LogP contribution in [-0.2, 0) is 11.2 Å². The van der Waals surface area contributed by atoms with Crippen LogP contribution in [0.4, 0.5) is 0 Å². The van der Waals surface area contributed by atoms with E-state index in [1.54, 1.807) is 14.2 Å². The van der Waals surface area contributed by atoms with Gasteiger partial charge in [0.2, 0.25) is 5.91 Å². The van der Waals surface area contributed by atoms with Gasteiger partial charge in [-0.3, -0.25) is 4.79 Å². The minimum atomic E-state index is 0.166. The van der Waals surface area contributed by atoms with Gasteiger partial charge in [-0.15, -0.1) is 0 Å². The molecule has 1 fully saturated rings. The molecule has 4 nitrogen and oxygen atoms in total. The number of likely N-dealkylation sites (tertiary alicyclic amines) is 1. The molecule has 1 amide bonds. The van der Waals surface area contributed by atoms with Crippen LogP contribution >= 0.6 is 12.6 Å². The van der Waals surface area contributed by atoms with E-state index in [4.69, 9.17) is 9.47 Å². The van der Waals surface area contributed by atoms with Gasteiger partial charge in [-0.1, -0.05) is 12.1 Å². The van der Waals surface area contributed by atoms with Crippen molar-refractivity contribution >= 4 is 18.5 Å². The van der Waals surface area contributed by atoms with Gasteiger partial charge in [-0.2, -0.15) is 12.6 Å². The monoisotopic (exact) mass is 281 g/mol. The third kappa shape index (κ3) is 3.15. The van der Waals surface area contributed by atoms with Crippen molar-refractivity contribution in [1.29, 1.82) is 0 Å². The van der Waals surface area contributed by atoms with Gasteiger partial charge in [0.15, 0.2) is 11.5 Å². The summed E-state index contributed by atoms with van der Waals surface area (Å²) >= 11 is 4.35. The average molecular weight is 281 g/mol. The van der Waals surface area contributed by atoms with Crippen molar-refractivity contribution in [3.8, 4) is 11.5 Å². The number of thiol groups is 1. The fourth-order valence-corrected chi connectivity index (χ4v) is 2.73. The fraction of sp³-hybridized carbons (Fsp3) is 0.500. The van der Waals surface area contributed by atoms with Gasteiger partial charge in [0.05, 0.1) is 14.2 Å². The van der Waals surface area contributed by atoms with Crippen molar-refractivity contribution in [3.05, 3.63) is 23.8 Å². The molecule has 1 unspecified atom stereocenters. The van der Waals surface area contributed by atoms with Crippen LogP contribution in [0.2, 0.25) is 0 Å². The van der Waals surface area contributed by atoms with E-state index in [2.05, 4.69) is 12.6 Å². The number of carbonyl (C=O) groups excluding carboxylic acids is 1. The molecule has 0 N–H and O–H groups in total. The molecule has 1 heterocycles. The van der Waals surface area contributed by atoms with E-state index < -0.39 is 0 Å². The lowest BCUT2D eigenvalue weighted by Gasteiger charge is -2.17. The zero-order chi connectivity index (χ0) is 13.8. The maximum absolute atomic E-state index is 11.7. The van der Waals surface area contributed by atoms with Gasteiger partial charge in [-0.05, 0) is 18.1 Å². The topological polar surface area (TPSA) is 38.8 Å². The molecule has 1 aromatic carbocycles. The number of methoxy groups -OCH3 is 2. The summed E-state index contributed by atoms with van der Waals surface area (Å²) in [6.45, 7) is 1.42. The van der Waals surface area contributed by atoms with E-state index in [0.717, 1.165) is 30.0 Å².